The number of hydrogen-bond donors (Lipinski definition) is 0. The molecule has 1 rings (SSSR count). The van der Waals surface area contributed by atoms with Gasteiger partial charge in [-0.15, -0.1) is 6.42 Å². The first kappa shape index (κ1) is 10.6. The quantitative estimate of drug-likeness (QED) is 0.534. The lowest BCUT2D eigenvalue weighted by Gasteiger charge is -2.08. The monoisotopic (exact) mass is 190 g/mol. The van der Waals surface area contributed by atoms with Crippen molar-refractivity contribution in [1.82, 2.24) is 0 Å². The molecule has 0 radical (unpaired) electrons. The van der Waals surface area contributed by atoms with Crippen LogP contribution in [-0.4, -0.2) is 20.3 Å². The van der Waals surface area contributed by atoms with Crippen molar-refractivity contribution in [2.24, 2.45) is 0 Å². The third-order valence-corrected chi connectivity index (χ3v) is 1.90. The lowest BCUT2D eigenvalue weighted by atomic mass is 10.1. The van der Waals surface area contributed by atoms with E-state index in [2.05, 4.69) is 5.92 Å². The van der Waals surface area contributed by atoms with Gasteiger partial charge in [-0.05, 0) is 24.6 Å². The molecule has 0 aliphatic rings. The summed E-state index contributed by atoms with van der Waals surface area (Å²) < 4.78 is 10.4. The molecule has 2 nitrogen and oxygen atoms in total. The van der Waals surface area contributed by atoms with Gasteiger partial charge < -0.3 is 9.47 Å². The van der Waals surface area contributed by atoms with Crippen molar-refractivity contribution in [3.63, 3.8) is 0 Å². The van der Waals surface area contributed by atoms with Crippen LogP contribution < -0.4 is 4.74 Å². The minimum Gasteiger partial charge on any atom is -0.491 e. The maximum atomic E-state index is 5.50. The molecule has 1 aromatic rings. The van der Waals surface area contributed by atoms with E-state index in [1.165, 1.54) is 0 Å². The van der Waals surface area contributed by atoms with Gasteiger partial charge in [0, 0.05) is 12.7 Å². The van der Waals surface area contributed by atoms with Gasteiger partial charge in [-0.25, -0.2) is 0 Å². The molecule has 0 aromatic heterocycles. The van der Waals surface area contributed by atoms with Crippen molar-refractivity contribution in [3.05, 3.63) is 29.3 Å². The summed E-state index contributed by atoms with van der Waals surface area (Å²) in [6, 6.07) is 5.72. The van der Waals surface area contributed by atoms with Gasteiger partial charge in [0.1, 0.15) is 12.4 Å². The highest BCUT2D eigenvalue weighted by Crippen LogP contribution is 2.18. The zero-order chi connectivity index (χ0) is 10.4. The molecule has 0 aliphatic carbocycles. The number of ether oxygens (including phenoxy) is 2. The summed E-state index contributed by atoms with van der Waals surface area (Å²) in [4.78, 5) is 0. The summed E-state index contributed by atoms with van der Waals surface area (Å²) in [5.74, 6) is 3.40. The van der Waals surface area contributed by atoms with Gasteiger partial charge in [-0.1, -0.05) is 12.0 Å². The van der Waals surface area contributed by atoms with E-state index in [-0.39, 0.29) is 0 Å². The maximum absolute atomic E-state index is 5.50. The smallest absolute Gasteiger partial charge is 0.123 e. The molecule has 74 valence electrons. The van der Waals surface area contributed by atoms with Crippen LogP contribution in [0.5, 0.6) is 5.75 Å². The van der Waals surface area contributed by atoms with E-state index in [1.54, 1.807) is 7.11 Å². The molecule has 0 heterocycles. The second-order valence-electron chi connectivity index (χ2n) is 2.97. The largest absolute Gasteiger partial charge is 0.491 e. The van der Waals surface area contributed by atoms with Gasteiger partial charge in [-0.3, -0.25) is 0 Å². The van der Waals surface area contributed by atoms with Gasteiger partial charge in [0.2, 0.25) is 0 Å². The molecule has 0 fully saturated rings. The molecular weight excluding hydrogens is 176 g/mol. The van der Waals surface area contributed by atoms with E-state index >= 15 is 0 Å². The molecule has 0 amide bonds. The van der Waals surface area contributed by atoms with Gasteiger partial charge in [-0.2, -0.15) is 0 Å². The molecule has 2 heteroatoms. The Balaban J connectivity index is 2.70. The van der Waals surface area contributed by atoms with Crippen LogP contribution in [0.25, 0.3) is 0 Å². The molecule has 0 N–H and O–H groups in total. The fourth-order valence-electron chi connectivity index (χ4n) is 1.08. The average molecular weight is 190 g/mol. The Kier molecular flexibility index (Phi) is 4.03. The molecule has 0 spiro atoms. The van der Waals surface area contributed by atoms with Crippen molar-refractivity contribution in [3.8, 4) is 18.1 Å². The highest BCUT2D eigenvalue weighted by molar-refractivity contribution is 5.43. The second kappa shape index (κ2) is 5.31. The minimum atomic E-state index is 0.547. The number of rotatable bonds is 4. The Morgan fingerprint density at radius 2 is 2.14 bits per heavy atom. The predicted octanol–water partition coefficient (Wildman–Crippen LogP) is 2.00. The Bertz CT molecular complexity index is 337. The summed E-state index contributed by atoms with van der Waals surface area (Å²) in [6.45, 7) is 3.12. The average Bonchev–Trinajstić information content (AvgIpc) is 2.21. The van der Waals surface area contributed by atoms with Crippen molar-refractivity contribution in [2.45, 2.75) is 6.92 Å². The molecule has 1 aromatic carbocycles. The summed E-state index contributed by atoms with van der Waals surface area (Å²) >= 11 is 0. The van der Waals surface area contributed by atoms with E-state index in [0.717, 1.165) is 16.9 Å². The van der Waals surface area contributed by atoms with Crippen LogP contribution in [0.2, 0.25) is 0 Å². The normalized spacial score (nSPS) is 9.50. The first-order valence-corrected chi connectivity index (χ1v) is 4.47. The minimum absolute atomic E-state index is 0.547. The third kappa shape index (κ3) is 2.79. The number of aryl methyl sites for hydroxylation is 1. The molecular formula is C12H14O2. The lowest BCUT2D eigenvalue weighted by molar-refractivity contribution is 0.146. The fourth-order valence-corrected chi connectivity index (χ4v) is 1.08. The Morgan fingerprint density at radius 3 is 2.79 bits per heavy atom. The Morgan fingerprint density at radius 1 is 1.36 bits per heavy atom. The maximum Gasteiger partial charge on any atom is 0.123 e. The van der Waals surface area contributed by atoms with Crippen molar-refractivity contribution < 1.29 is 9.47 Å². The van der Waals surface area contributed by atoms with Gasteiger partial charge in [0.25, 0.3) is 0 Å². The Labute approximate surface area is 84.8 Å². The zero-order valence-corrected chi connectivity index (χ0v) is 8.54. The fraction of sp³-hybridized carbons (Fsp3) is 0.333. The number of terminal acetylenes is 1. The highest BCUT2D eigenvalue weighted by Gasteiger charge is 1.99. The number of methoxy groups -OCH3 is 1. The summed E-state index contributed by atoms with van der Waals surface area (Å²) in [6.07, 6.45) is 5.29. The van der Waals surface area contributed by atoms with Crippen LogP contribution in [0.4, 0.5) is 0 Å². The molecule has 0 aliphatic heterocycles. The van der Waals surface area contributed by atoms with Crippen molar-refractivity contribution >= 4 is 0 Å². The van der Waals surface area contributed by atoms with Crippen LogP contribution in [-0.2, 0) is 4.74 Å². The van der Waals surface area contributed by atoms with Crippen LogP contribution in [0.1, 0.15) is 11.1 Å². The van der Waals surface area contributed by atoms with Gasteiger partial charge >= 0.3 is 0 Å². The third-order valence-electron chi connectivity index (χ3n) is 1.90. The molecule has 14 heavy (non-hydrogen) atoms. The van der Waals surface area contributed by atoms with Gasteiger partial charge in [0.15, 0.2) is 0 Å². The topological polar surface area (TPSA) is 18.5 Å². The molecule has 0 saturated carbocycles. The van der Waals surface area contributed by atoms with Crippen LogP contribution >= 0.6 is 0 Å². The number of benzene rings is 1. The predicted molar refractivity (Wildman–Crippen MR) is 56.5 cm³/mol. The summed E-state index contributed by atoms with van der Waals surface area (Å²) in [5, 5.41) is 0. The summed E-state index contributed by atoms with van der Waals surface area (Å²) in [7, 11) is 1.65. The van der Waals surface area contributed by atoms with Crippen LogP contribution in [0.3, 0.4) is 0 Å². The van der Waals surface area contributed by atoms with Crippen LogP contribution in [0.15, 0.2) is 18.2 Å². The van der Waals surface area contributed by atoms with Crippen molar-refractivity contribution in [2.75, 3.05) is 20.3 Å². The molecule has 0 bridgehead atoms. The molecule has 0 saturated heterocycles. The van der Waals surface area contributed by atoms with Crippen molar-refractivity contribution in [1.29, 1.82) is 0 Å². The summed E-state index contributed by atoms with van der Waals surface area (Å²) in [5.41, 5.74) is 1.92. The second-order valence-corrected chi connectivity index (χ2v) is 2.97. The number of hydrogen-bond acceptors (Lipinski definition) is 2. The Hall–Kier alpha value is -1.46. The zero-order valence-electron chi connectivity index (χ0n) is 8.54. The highest BCUT2D eigenvalue weighted by atomic mass is 16.5. The SMILES string of the molecule is C#Cc1ccc(C)c(OCCOC)c1. The molecule has 0 unspecified atom stereocenters. The van der Waals surface area contributed by atoms with Gasteiger partial charge in [0.05, 0.1) is 6.61 Å². The van der Waals surface area contributed by atoms with E-state index < -0.39 is 0 Å². The lowest BCUT2D eigenvalue weighted by Crippen LogP contribution is -2.05. The van der Waals surface area contributed by atoms with E-state index in [0.29, 0.717) is 13.2 Å². The first-order valence-electron chi connectivity index (χ1n) is 4.47. The first-order chi connectivity index (χ1) is 6.77. The standard InChI is InChI=1S/C12H14O2/c1-4-11-6-5-10(2)12(9-11)14-8-7-13-3/h1,5-6,9H,7-8H2,2-3H3. The van der Waals surface area contributed by atoms with E-state index in [4.69, 9.17) is 15.9 Å². The van der Waals surface area contributed by atoms with E-state index in [9.17, 15) is 0 Å². The van der Waals surface area contributed by atoms with Crippen LogP contribution in [0, 0.1) is 19.3 Å². The molecule has 0 atom stereocenters. The van der Waals surface area contributed by atoms with E-state index in [1.807, 2.05) is 25.1 Å².